The molecule has 0 aromatic heterocycles. The van der Waals surface area contributed by atoms with Crippen molar-refractivity contribution in [1.29, 1.82) is 0 Å². The Labute approximate surface area is 159 Å². The molecule has 10 nitrogen and oxygen atoms in total. The highest BCUT2D eigenvalue weighted by Crippen LogP contribution is 2.23. The third-order valence-electron chi connectivity index (χ3n) is 4.86. The minimum absolute atomic E-state index is 0.129. The second-order valence-electron chi connectivity index (χ2n) is 6.84. The first-order valence-electron chi connectivity index (χ1n) is 8.99. The molecule has 1 amide bonds. The van der Waals surface area contributed by atoms with E-state index in [1.54, 1.807) is 0 Å². The zero-order chi connectivity index (χ0) is 19.8. The molecule has 146 valence electrons. The van der Waals surface area contributed by atoms with Gasteiger partial charge in [0.2, 0.25) is 0 Å². The summed E-state index contributed by atoms with van der Waals surface area (Å²) in [6.45, 7) is 5.93. The Bertz CT molecular complexity index is 1150. The van der Waals surface area contributed by atoms with Crippen LogP contribution in [-0.2, 0) is 11.3 Å². The summed E-state index contributed by atoms with van der Waals surface area (Å²) < 4.78 is 6.91. The van der Waals surface area contributed by atoms with Crippen molar-refractivity contribution in [2.75, 3.05) is 19.6 Å². The van der Waals surface area contributed by atoms with Crippen molar-refractivity contribution in [3.8, 4) is 11.5 Å². The van der Waals surface area contributed by atoms with Gasteiger partial charge in [-0.25, -0.2) is 14.6 Å². The molecular weight excluding hydrogens is 364 g/mol. The summed E-state index contributed by atoms with van der Waals surface area (Å²) in [6.07, 6.45) is -0.632. The Balaban J connectivity index is 1.69. The van der Waals surface area contributed by atoms with Crippen LogP contribution in [0.3, 0.4) is 0 Å². The van der Waals surface area contributed by atoms with Crippen molar-refractivity contribution >= 4 is 17.1 Å². The number of fused-ring (bicyclic) bond motifs is 2. The van der Waals surface area contributed by atoms with E-state index in [9.17, 15) is 14.4 Å². The highest BCUT2D eigenvalue weighted by Gasteiger charge is 2.22. The smallest absolute Gasteiger partial charge is 0.407 e. The number of aromatic amines is 1. The van der Waals surface area contributed by atoms with Gasteiger partial charge in [-0.15, -0.1) is 0 Å². The molecular formula is C18H20N6O4. The quantitative estimate of drug-likeness (QED) is 0.413. The minimum atomic E-state index is -0.701. The van der Waals surface area contributed by atoms with E-state index in [-0.39, 0.29) is 17.6 Å². The maximum Gasteiger partial charge on any atom is 0.407 e. The normalized spacial score (nSPS) is 16.5. The molecule has 0 unspecified atom stereocenters. The second-order valence-corrected chi connectivity index (χ2v) is 6.84. The van der Waals surface area contributed by atoms with Gasteiger partial charge in [-0.2, -0.15) is 4.98 Å². The molecule has 1 saturated heterocycles. The fraction of sp³-hybridized carbons (Fsp3) is 0.389. The van der Waals surface area contributed by atoms with E-state index in [4.69, 9.17) is 4.74 Å². The largest absolute Gasteiger partial charge is 0.443 e. The van der Waals surface area contributed by atoms with Crippen LogP contribution in [0, 0.1) is 13.8 Å². The van der Waals surface area contributed by atoms with Gasteiger partial charge in [-0.3, -0.25) is 9.78 Å². The molecule has 0 radical (unpaired) electrons. The van der Waals surface area contributed by atoms with Crippen molar-refractivity contribution in [1.82, 2.24) is 30.2 Å². The SMILES string of the molecule is Cc1cc2nc3c(=O)[nH]c(=O)nc-3n(CCNC[C@@H]3CNC(=O)O3)c2cc1C. The van der Waals surface area contributed by atoms with Crippen molar-refractivity contribution in [3.63, 3.8) is 0 Å². The first-order chi connectivity index (χ1) is 13.4. The van der Waals surface area contributed by atoms with Gasteiger partial charge >= 0.3 is 11.8 Å². The highest BCUT2D eigenvalue weighted by atomic mass is 16.6. The second kappa shape index (κ2) is 7.04. The molecule has 0 bridgehead atoms. The van der Waals surface area contributed by atoms with Crippen molar-refractivity contribution < 1.29 is 9.53 Å². The van der Waals surface area contributed by atoms with Gasteiger partial charge in [0, 0.05) is 19.6 Å². The molecule has 3 aliphatic heterocycles. The lowest BCUT2D eigenvalue weighted by Crippen LogP contribution is -2.33. The maximum atomic E-state index is 12.2. The fourth-order valence-corrected chi connectivity index (χ4v) is 3.28. The summed E-state index contributed by atoms with van der Waals surface area (Å²) in [5, 5.41) is 5.83. The third-order valence-corrected chi connectivity index (χ3v) is 4.86. The van der Waals surface area contributed by atoms with E-state index >= 15 is 0 Å². The molecule has 3 N–H and O–H groups in total. The summed E-state index contributed by atoms with van der Waals surface area (Å²) in [7, 11) is 0. The molecule has 1 atom stereocenters. The minimum Gasteiger partial charge on any atom is -0.443 e. The van der Waals surface area contributed by atoms with Gasteiger partial charge in [-0.05, 0) is 37.1 Å². The number of aryl methyl sites for hydroxylation is 2. The van der Waals surface area contributed by atoms with Crippen LogP contribution in [0.25, 0.3) is 22.6 Å². The van der Waals surface area contributed by atoms with Crippen LogP contribution in [-0.4, -0.2) is 51.4 Å². The fourth-order valence-electron chi connectivity index (χ4n) is 3.28. The van der Waals surface area contributed by atoms with Crippen LogP contribution in [0.1, 0.15) is 11.1 Å². The number of alkyl carbamates (subject to hydrolysis) is 1. The lowest BCUT2D eigenvalue weighted by Gasteiger charge is -2.18. The average molecular weight is 384 g/mol. The number of carbonyl (C=O) groups excluding carboxylic acids is 1. The Morgan fingerprint density at radius 1 is 1.21 bits per heavy atom. The van der Waals surface area contributed by atoms with Crippen LogP contribution in [0.2, 0.25) is 0 Å². The summed E-state index contributed by atoms with van der Waals surface area (Å²) in [5.41, 5.74) is 2.47. The number of nitrogens with one attached hydrogen (secondary N) is 3. The topological polar surface area (TPSA) is 131 Å². The lowest BCUT2D eigenvalue weighted by atomic mass is 10.1. The lowest BCUT2D eigenvalue weighted by molar-refractivity contribution is 0.139. The molecule has 1 aromatic carbocycles. The van der Waals surface area contributed by atoms with Crippen molar-refractivity contribution in [2.24, 2.45) is 0 Å². The number of H-pyrrole nitrogens is 1. The number of amides is 1. The van der Waals surface area contributed by atoms with Crippen LogP contribution >= 0.6 is 0 Å². The van der Waals surface area contributed by atoms with E-state index < -0.39 is 17.3 Å². The number of benzene rings is 1. The molecule has 3 aliphatic rings. The molecule has 0 saturated carbocycles. The average Bonchev–Trinajstić information content (AvgIpc) is 3.05. The molecule has 0 aliphatic carbocycles. The first kappa shape index (κ1) is 18.1. The Kier molecular flexibility index (Phi) is 4.55. The van der Waals surface area contributed by atoms with E-state index in [0.29, 0.717) is 31.7 Å². The summed E-state index contributed by atoms with van der Waals surface area (Å²) in [4.78, 5) is 45.7. The van der Waals surface area contributed by atoms with Crippen LogP contribution in [0.15, 0.2) is 21.7 Å². The van der Waals surface area contributed by atoms with Crippen LogP contribution < -0.4 is 21.9 Å². The summed E-state index contributed by atoms with van der Waals surface area (Å²) in [6, 6.07) is 3.90. The number of aromatic nitrogens is 4. The Morgan fingerprint density at radius 2 is 2.00 bits per heavy atom. The zero-order valence-corrected chi connectivity index (χ0v) is 15.5. The highest BCUT2D eigenvalue weighted by molar-refractivity contribution is 5.81. The van der Waals surface area contributed by atoms with Gasteiger partial charge in [-0.1, -0.05) is 0 Å². The van der Waals surface area contributed by atoms with Crippen molar-refractivity contribution in [2.45, 2.75) is 26.5 Å². The Morgan fingerprint density at radius 3 is 2.75 bits per heavy atom. The third kappa shape index (κ3) is 3.33. The maximum absolute atomic E-state index is 12.2. The predicted octanol–water partition coefficient (Wildman–Crippen LogP) is -0.101. The van der Waals surface area contributed by atoms with E-state index in [1.165, 1.54) is 0 Å². The monoisotopic (exact) mass is 384 g/mol. The molecule has 3 heterocycles. The molecule has 4 rings (SSSR count). The molecule has 0 spiro atoms. The van der Waals surface area contributed by atoms with Gasteiger partial charge in [0.15, 0.2) is 11.5 Å². The van der Waals surface area contributed by atoms with E-state index in [1.807, 2.05) is 30.5 Å². The number of hydrogen-bond donors (Lipinski definition) is 3. The van der Waals surface area contributed by atoms with E-state index in [0.717, 1.165) is 16.6 Å². The first-order valence-corrected chi connectivity index (χ1v) is 8.99. The number of nitrogens with zero attached hydrogens (tertiary/aromatic N) is 3. The number of ether oxygens (including phenoxy) is 1. The predicted molar refractivity (Wildman–Crippen MR) is 102 cm³/mol. The van der Waals surface area contributed by atoms with Gasteiger partial charge in [0.25, 0.3) is 5.56 Å². The number of cyclic esters (lactones) is 1. The molecule has 10 heteroatoms. The standard InChI is InChI=1S/C18H20N6O4/c1-9-5-12-13(6-10(9)2)24(4-3-19-7-11-8-20-18(27)28-11)15-14(21-12)16(25)23-17(26)22-15/h5-6,11,19H,3-4,7-8H2,1-2H3,(H,20,27)(H,23,25,26)/t11-/m1/s1. The summed E-state index contributed by atoms with van der Waals surface area (Å²) in [5.74, 6) is 0.250. The summed E-state index contributed by atoms with van der Waals surface area (Å²) >= 11 is 0. The number of rotatable bonds is 5. The van der Waals surface area contributed by atoms with Gasteiger partial charge < -0.3 is 19.9 Å². The van der Waals surface area contributed by atoms with E-state index in [2.05, 4.69) is 25.6 Å². The van der Waals surface area contributed by atoms with Crippen molar-refractivity contribution in [3.05, 3.63) is 44.1 Å². The number of hydrogen-bond acceptors (Lipinski definition) is 7. The molecule has 28 heavy (non-hydrogen) atoms. The Hall–Kier alpha value is -3.27. The zero-order valence-electron chi connectivity index (χ0n) is 15.5. The molecule has 1 fully saturated rings. The van der Waals surface area contributed by atoms with Crippen LogP contribution in [0.4, 0.5) is 4.79 Å². The number of carbonyl (C=O) groups is 1. The van der Waals surface area contributed by atoms with Gasteiger partial charge in [0.05, 0.1) is 17.6 Å². The van der Waals surface area contributed by atoms with Gasteiger partial charge in [0.1, 0.15) is 6.10 Å². The molecule has 1 aromatic rings. The van der Waals surface area contributed by atoms with Crippen LogP contribution in [0.5, 0.6) is 0 Å².